The molecule has 8 heteroatoms. The van der Waals surface area contributed by atoms with Gasteiger partial charge in [-0.2, -0.15) is 0 Å². The van der Waals surface area contributed by atoms with Crippen LogP contribution in [-0.4, -0.2) is 65.2 Å². The van der Waals surface area contributed by atoms with Gasteiger partial charge in [0.1, 0.15) is 18.1 Å². The summed E-state index contributed by atoms with van der Waals surface area (Å²) in [5, 5.41) is 14.4. The molecule has 5 aromatic rings. The number of carboxylic acid groups (broad SMARTS) is 1. The minimum absolute atomic E-state index is 0.0764. The van der Waals surface area contributed by atoms with Crippen molar-refractivity contribution in [3.8, 4) is 11.5 Å². The highest BCUT2D eigenvalue weighted by molar-refractivity contribution is 5.91. The van der Waals surface area contributed by atoms with Gasteiger partial charge >= 0.3 is 11.9 Å². The van der Waals surface area contributed by atoms with Crippen LogP contribution >= 0.6 is 0 Å². The number of aryl methyl sites for hydroxylation is 2. The number of likely N-dealkylation sites (tertiary alicyclic amines) is 2. The predicted octanol–water partition coefficient (Wildman–Crippen LogP) is 13.7. The van der Waals surface area contributed by atoms with Gasteiger partial charge in [0.25, 0.3) is 0 Å². The Morgan fingerprint density at radius 2 is 0.957 bits per heavy atom. The Morgan fingerprint density at radius 1 is 0.551 bits per heavy atom. The maximum absolute atomic E-state index is 12.8. The lowest BCUT2D eigenvalue weighted by Gasteiger charge is -2.37. The van der Waals surface area contributed by atoms with Crippen molar-refractivity contribution < 1.29 is 28.9 Å². The standard InChI is InChI=1S/C34H43NO3.C27H37NO3/c1-24-20-32(38-28-16-14-27(15-17-28)34(2,3)4)31(30-13-9-8-12-29(24)30)22-35-19-18-26(21-35)33(36)37-23-25-10-6-5-7-11-25;1-18-15-25(31-21-11-9-20(10-12-21)27(2,3)4)24(23-8-6-5-7-22(18)23)17-28-14-13-19(16-28)26(29)30/h5-13,20,26-28H,14-19,21-23H2,1-4H3;5-8,15,19-21H,9-14,16-17H2,1-4H3,(H,29,30)/t26-,27?,28?;19-,20?,21?/m11/s1. The maximum Gasteiger partial charge on any atom is 0.310 e. The van der Waals surface area contributed by atoms with Crippen LogP contribution in [0.25, 0.3) is 21.5 Å². The lowest BCUT2D eigenvalue weighted by molar-refractivity contribution is -0.149. The third-order valence-corrected chi connectivity index (χ3v) is 16.2. The second kappa shape index (κ2) is 22.0. The Balaban J connectivity index is 0.000000190. The number of ether oxygens (including phenoxy) is 3. The number of esters is 1. The average Bonchev–Trinajstić information content (AvgIpc) is 4.02. The van der Waals surface area contributed by atoms with Gasteiger partial charge in [0.15, 0.2) is 0 Å². The minimum atomic E-state index is -0.677. The number of nitrogens with zero attached hydrogens (tertiary/aromatic N) is 2. The molecule has 1 N–H and O–H groups in total. The van der Waals surface area contributed by atoms with Crippen molar-refractivity contribution >= 4 is 33.5 Å². The van der Waals surface area contributed by atoms with Crippen LogP contribution in [0.4, 0.5) is 0 Å². The molecule has 0 radical (unpaired) electrons. The zero-order valence-electron chi connectivity index (χ0n) is 43.0. The van der Waals surface area contributed by atoms with Crippen LogP contribution < -0.4 is 9.47 Å². The van der Waals surface area contributed by atoms with Crippen LogP contribution in [0.5, 0.6) is 11.5 Å². The summed E-state index contributed by atoms with van der Waals surface area (Å²) in [5.74, 6) is 2.46. The van der Waals surface area contributed by atoms with E-state index in [-0.39, 0.29) is 30.0 Å². The van der Waals surface area contributed by atoms with E-state index >= 15 is 0 Å². The number of fused-ring (bicyclic) bond motifs is 2. The molecule has 4 fully saturated rings. The van der Waals surface area contributed by atoms with Gasteiger partial charge in [-0.05, 0) is 164 Å². The number of carboxylic acids is 1. The number of hydrogen-bond acceptors (Lipinski definition) is 7. The number of carbonyl (C=O) groups excluding carboxylic acids is 1. The second-order valence-corrected chi connectivity index (χ2v) is 23.2. The van der Waals surface area contributed by atoms with E-state index in [1.54, 1.807) is 0 Å². The Hall–Kier alpha value is -4.92. The number of hydrogen-bond donors (Lipinski definition) is 1. The summed E-state index contributed by atoms with van der Waals surface area (Å²) < 4.78 is 19.1. The first-order valence-corrected chi connectivity index (χ1v) is 26.2. The fraction of sp³-hybridized carbons (Fsp3) is 0.541. The summed E-state index contributed by atoms with van der Waals surface area (Å²) in [5.41, 5.74) is 6.72. The summed E-state index contributed by atoms with van der Waals surface area (Å²) in [6.45, 7) is 23.4. The Labute approximate surface area is 413 Å². The fourth-order valence-corrected chi connectivity index (χ4v) is 11.8. The van der Waals surface area contributed by atoms with Crippen molar-refractivity contribution in [2.75, 3.05) is 26.2 Å². The largest absolute Gasteiger partial charge is 0.490 e. The van der Waals surface area contributed by atoms with Gasteiger partial charge in [0.05, 0.1) is 24.0 Å². The highest BCUT2D eigenvalue weighted by atomic mass is 16.5. The monoisotopic (exact) mass is 937 g/mol. The van der Waals surface area contributed by atoms with Crippen molar-refractivity contribution in [3.05, 3.63) is 119 Å². The summed E-state index contributed by atoms with van der Waals surface area (Å²) in [7, 11) is 0. The lowest BCUT2D eigenvalue weighted by atomic mass is 9.72. The first-order chi connectivity index (χ1) is 33.0. The van der Waals surface area contributed by atoms with Crippen molar-refractivity contribution in [1.82, 2.24) is 9.80 Å². The van der Waals surface area contributed by atoms with E-state index in [0.717, 1.165) is 100 Å². The summed E-state index contributed by atoms with van der Waals surface area (Å²) in [4.78, 5) is 28.9. The van der Waals surface area contributed by atoms with Gasteiger partial charge in [-0.1, -0.05) is 120 Å². The number of aliphatic carboxylic acids is 1. The topological polar surface area (TPSA) is 88.5 Å². The molecule has 2 heterocycles. The van der Waals surface area contributed by atoms with Gasteiger partial charge in [0.2, 0.25) is 0 Å². The number of benzene rings is 5. The van der Waals surface area contributed by atoms with Crippen LogP contribution in [0.1, 0.15) is 134 Å². The summed E-state index contributed by atoms with van der Waals surface area (Å²) >= 11 is 0. The summed E-state index contributed by atoms with van der Waals surface area (Å²) in [6.07, 6.45) is 11.5. The van der Waals surface area contributed by atoms with Crippen LogP contribution in [0.3, 0.4) is 0 Å². The molecular formula is C61H80N2O6. The molecule has 0 spiro atoms. The highest BCUT2D eigenvalue weighted by Gasteiger charge is 2.35. The van der Waals surface area contributed by atoms with Gasteiger partial charge < -0.3 is 19.3 Å². The Kier molecular flexibility index (Phi) is 16.1. The first kappa shape index (κ1) is 50.5. The zero-order chi connectivity index (χ0) is 48.9. The second-order valence-electron chi connectivity index (χ2n) is 23.2. The molecule has 2 aliphatic heterocycles. The average molecular weight is 937 g/mol. The van der Waals surface area contributed by atoms with Crippen molar-refractivity contribution in [2.24, 2.45) is 34.5 Å². The molecule has 0 aromatic heterocycles. The first-order valence-electron chi connectivity index (χ1n) is 26.2. The van der Waals surface area contributed by atoms with E-state index in [1.165, 1.54) is 69.5 Å². The number of rotatable bonds is 12. The molecule has 2 atom stereocenters. The normalized spacial score (nSPS) is 23.7. The molecule has 8 nitrogen and oxygen atoms in total. The summed E-state index contributed by atoms with van der Waals surface area (Å²) in [6, 6.07) is 31.6. The molecule has 0 unspecified atom stereocenters. The van der Waals surface area contributed by atoms with Crippen LogP contribution in [0.2, 0.25) is 0 Å². The van der Waals surface area contributed by atoms with Crippen molar-refractivity contribution in [3.63, 3.8) is 0 Å². The maximum atomic E-state index is 12.8. The van der Waals surface area contributed by atoms with Crippen molar-refractivity contribution in [1.29, 1.82) is 0 Å². The quantitative estimate of drug-likeness (QED) is 0.124. The fourth-order valence-electron chi connectivity index (χ4n) is 11.8. The Bertz CT molecular complexity index is 2520. The molecular weight excluding hydrogens is 857 g/mol. The molecule has 2 saturated carbocycles. The highest BCUT2D eigenvalue weighted by Crippen LogP contribution is 2.43. The van der Waals surface area contributed by atoms with E-state index in [1.807, 2.05) is 30.3 Å². The van der Waals surface area contributed by atoms with Gasteiger partial charge in [0, 0.05) is 37.3 Å². The minimum Gasteiger partial charge on any atom is -0.490 e. The predicted molar refractivity (Wildman–Crippen MR) is 280 cm³/mol. The molecule has 0 amide bonds. The smallest absolute Gasteiger partial charge is 0.310 e. The SMILES string of the molecule is Cc1cc(OC2CCC(C(C)(C)C)CC2)c(CN2CC[C@@H](C(=O)O)C2)c2ccccc12.Cc1cc(OC2CCC(C(C)(C)C)CC2)c(CN2CC[C@@H](C(=O)OCc3ccccc3)C2)c2ccccc12. The van der Waals surface area contributed by atoms with Crippen LogP contribution in [-0.2, 0) is 34.0 Å². The van der Waals surface area contributed by atoms with Crippen LogP contribution in [0.15, 0.2) is 91.0 Å². The van der Waals surface area contributed by atoms with Crippen LogP contribution in [0, 0.1) is 48.3 Å². The molecule has 2 aliphatic carbocycles. The molecule has 69 heavy (non-hydrogen) atoms. The van der Waals surface area contributed by atoms with E-state index in [4.69, 9.17) is 14.2 Å². The molecule has 4 aliphatic rings. The molecule has 5 aromatic carbocycles. The third-order valence-electron chi connectivity index (χ3n) is 16.2. The van der Waals surface area contributed by atoms with Gasteiger partial charge in [-0.3, -0.25) is 19.4 Å². The Morgan fingerprint density at radius 3 is 1.38 bits per heavy atom. The lowest BCUT2D eigenvalue weighted by Crippen LogP contribution is -2.31. The molecule has 370 valence electrons. The van der Waals surface area contributed by atoms with E-state index in [0.29, 0.717) is 24.0 Å². The van der Waals surface area contributed by atoms with E-state index < -0.39 is 5.97 Å². The molecule has 2 saturated heterocycles. The molecule has 0 bridgehead atoms. The number of carbonyl (C=O) groups is 2. The van der Waals surface area contributed by atoms with Gasteiger partial charge in [-0.25, -0.2) is 0 Å². The third kappa shape index (κ3) is 12.7. The molecule has 9 rings (SSSR count). The van der Waals surface area contributed by atoms with E-state index in [9.17, 15) is 14.7 Å². The van der Waals surface area contributed by atoms with Crippen molar-refractivity contribution in [2.45, 2.75) is 152 Å². The van der Waals surface area contributed by atoms with Gasteiger partial charge in [-0.15, -0.1) is 0 Å². The zero-order valence-corrected chi connectivity index (χ0v) is 43.0. The van der Waals surface area contributed by atoms with E-state index in [2.05, 4.69) is 126 Å².